The Morgan fingerprint density at radius 1 is 1.76 bits per heavy atom. The highest BCUT2D eigenvalue weighted by atomic mass is 16.5. The lowest BCUT2D eigenvalue weighted by Crippen LogP contribution is -2.23. The molecule has 94 valence electrons. The maximum absolute atomic E-state index is 11.2. The van der Waals surface area contributed by atoms with E-state index in [2.05, 4.69) is 6.58 Å². The third kappa shape index (κ3) is 4.76. The first-order valence-electron chi connectivity index (χ1n) is 5.51. The van der Waals surface area contributed by atoms with Crippen LogP contribution in [0, 0.1) is 0 Å². The van der Waals surface area contributed by atoms with Crippen molar-refractivity contribution in [2.75, 3.05) is 7.11 Å². The van der Waals surface area contributed by atoms with E-state index in [-0.39, 0.29) is 17.8 Å². The normalized spacial score (nSPS) is 20.6. The molecule has 0 fully saturated rings. The lowest BCUT2D eigenvalue weighted by atomic mass is 10.0. The van der Waals surface area contributed by atoms with E-state index in [4.69, 9.17) is 14.6 Å². The second kappa shape index (κ2) is 6.13. The van der Waals surface area contributed by atoms with Crippen molar-refractivity contribution in [1.82, 2.24) is 0 Å². The number of hydrogen-bond acceptors (Lipinski definition) is 4. The molecule has 1 aliphatic heterocycles. The molecule has 4 nitrogen and oxygen atoms in total. The zero-order valence-corrected chi connectivity index (χ0v) is 10.2. The summed E-state index contributed by atoms with van der Waals surface area (Å²) in [4.78, 5) is 11.2. The number of cyclic esters (lactones) is 1. The molecular formula is C13H18O4. The minimum absolute atomic E-state index is 0.0422. The molecule has 0 bridgehead atoms. The highest BCUT2D eigenvalue weighted by Gasteiger charge is 2.21. The van der Waals surface area contributed by atoms with Gasteiger partial charge in [-0.05, 0) is 25.8 Å². The number of rotatable bonds is 5. The molecule has 0 aliphatic carbocycles. The van der Waals surface area contributed by atoms with Gasteiger partial charge < -0.3 is 14.6 Å². The van der Waals surface area contributed by atoms with Crippen LogP contribution in [-0.4, -0.2) is 24.3 Å². The molecule has 1 rings (SSSR count). The van der Waals surface area contributed by atoms with Gasteiger partial charge in [-0.15, -0.1) is 0 Å². The van der Waals surface area contributed by atoms with Gasteiger partial charge in [-0.3, -0.25) is 0 Å². The number of methoxy groups -OCH3 is 1. The Kier molecular flexibility index (Phi) is 4.82. The van der Waals surface area contributed by atoms with Gasteiger partial charge in [-0.1, -0.05) is 12.2 Å². The summed E-state index contributed by atoms with van der Waals surface area (Å²) < 4.78 is 10.2. The van der Waals surface area contributed by atoms with E-state index in [9.17, 15) is 4.79 Å². The summed E-state index contributed by atoms with van der Waals surface area (Å²) in [7, 11) is 1.54. The minimum atomic E-state index is -0.355. The molecule has 0 radical (unpaired) electrons. The Hall–Kier alpha value is -1.71. The SMILES string of the molecule is C=C(O)/C=C(\C)CCC1CC(OC)=CC(=O)O1. The Morgan fingerprint density at radius 2 is 2.47 bits per heavy atom. The van der Waals surface area contributed by atoms with Gasteiger partial charge in [0.15, 0.2) is 0 Å². The summed E-state index contributed by atoms with van der Waals surface area (Å²) in [5, 5.41) is 9.00. The Bertz CT molecular complexity index is 366. The van der Waals surface area contributed by atoms with Gasteiger partial charge in [0.05, 0.1) is 13.2 Å². The van der Waals surface area contributed by atoms with E-state index in [1.165, 1.54) is 6.08 Å². The standard InChI is InChI=1S/C13H18O4/c1-9(6-10(2)14)4-5-11-7-12(16-3)8-13(15)17-11/h6,8,11,14H,2,4-5,7H2,1,3H3/b9-6+. The third-order valence-corrected chi connectivity index (χ3v) is 2.53. The molecule has 1 N–H and O–H groups in total. The third-order valence-electron chi connectivity index (χ3n) is 2.53. The van der Waals surface area contributed by atoms with Gasteiger partial charge in [0.25, 0.3) is 0 Å². The first-order chi connectivity index (χ1) is 8.01. The molecule has 1 heterocycles. The van der Waals surface area contributed by atoms with Crippen molar-refractivity contribution in [3.05, 3.63) is 35.8 Å². The zero-order valence-electron chi connectivity index (χ0n) is 10.2. The predicted molar refractivity (Wildman–Crippen MR) is 64.3 cm³/mol. The number of aliphatic hydroxyl groups is 1. The predicted octanol–water partition coefficient (Wildman–Crippen LogP) is 2.63. The number of aliphatic hydroxyl groups excluding tert-OH is 1. The molecule has 0 aromatic rings. The van der Waals surface area contributed by atoms with Crippen LogP contribution in [-0.2, 0) is 14.3 Å². The fraction of sp³-hybridized carbons (Fsp3) is 0.462. The van der Waals surface area contributed by atoms with Crippen LogP contribution in [0.3, 0.4) is 0 Å². The van der Waals surface area contributed by atoms with E-state index in [1.807, 2.05) is 6.92 Å². The van der Waals surface area contributed by atoms with Gasteiger partial charge in [-0.2, -0.15) is 0 Å². The molecule has 1 atom stereocenters. The fourth-order valence-electron chi connectivity index (χ4n) is 1.70. The molecule has 0 saturated heterocycles. The zero-order chi connectivity index (χ0) is 12.8. The maximum atomic E-state index is 11.2. The van der Waals surface area contributed by atoms with Crippen molar-refractivity contribution in [3.8, 4) is 0 Å². The van der Waals surface area contributed by atoms with Gasteiger partial charge in [-0.25, -0.2) is 4.79 Å². The summed E-state index contributed by atoms with van der Waals surface area (Å²) in [5.41, 5.74) is 1.00. The highest BCUT2D eigenvalue weighted by molar-refractivity contribution is 5.83. The monoisotopic (exact) mass is 238 g/mol. The average molecular weight is 238 g/mol. The number of carbonyl (C=O) groups excluding carboxylic acids is 1. The van der Waals surface area contributed by atoms with E-state index < -0.39 is 0 Å². The van der Waals surface area contributed by atoms with Crippen LogP contribution in [0.5, 0.6) is 0 Å². The van der Waals surface area contributed by atoms with Crippen LogP contribution < -0.4 is 0 Å². The summed E-state index contributed by atoms with van der Waals surface area (Å²) >= 11 is 0. The molecule has 0 saturated carbocycles. The molecule has 0 amide bonds. The first kappa shape index (κ1) is 13.4. The minimum Gasteiger partial charge on any atom is -0.509 e. The molecule has 0 aromatic carbocycles. The fourth-order valence-corrected chi connectivity index (χ4v) is 1.70. The largest absolute Gasteiger partial charge is 0.509 e. The summed E-state index contributed by atoms with van der Waals surface area (Å²) in [5.74, 6) is 0.339. The Morgan fingerprint density at radius 3 is 3.06 bits per heavy atom. The second-order valence-corrected chi connectivity index (χ2v) is 4.10. The van der Waals surface area contributed by atoms with E-state index in [1.54, 1.807) is 13.2 Å². The van der Waals surface area contributed by atoms with Crippen molar-refractivity contribution in [3.63, 3.8) is 0 Å². The molecule has 0 spiro atoms. The van der Waals surface area contributed by atoms with Gasteiger partial charge in [0.2, 0.25) is 0 Å². The maximum Gasteiger partial charge on any atom is 0.334 e. The molecule has 1 aliphatic rings. The van der Waals surface area contributed by atoms with Crippen LogP contribution in [0.1, 0.15) is 26.2 Å². The van der Waals surface area contributed by atoms with Crippen molar-refractivity contribution >= 4 is 5.97 Å². The number of ether oxygens (including phenoxy) is 2. The molecular weight excluding hydrogens is 220 g/mol. The first-order valence-corrected chi connectivity index (χ1v) is 5.51. The number of hydrogen-bond donors (Lipinski definition) is 1. The summed E-state index contributed by atoms with van der Waals surface area (Å²) in [6.45, 7) is 5.29. The summed E-state index contributed by atoms with van der Waals surface area (Å²) in [6.07, 6.45) is 4.89. The van der Waals surface area contributed by atoms with Crippen molar-refractivity contribution in [2.24, 2.45) is 0 Å². The van der Waals surface area contributed by atoms with Crippen LogP contribution in [0.2, 0.25) is 0 Å². The van der Waals surface area contributed by atoms with Crippen molar-refractivity contribution in [2.45, 2.75) is 32.3 Å². The molecule has 4 heteroatoms. The highest BCUT2D eigenvalue weighted by Crippen LogP contribution is 2.21. The average Bonchev–Trinajstić information content (AvgIpc) is 2.24. The summed E-state index contributed by atoms with van der Waals surface area (Å²) in [6, 6.07) is 0. The van der Waals surface area contributed by atoms with E-state index in [0.717, 1.165) is 12.0 Å². The molecule has 1 unspecified atom stereocenters. The van der Waals surface area contributed by atoms with Gasteiger partial charge >= 0.3 is 5.97 Å². The lowest BCUT2D eigenvalue weighted by Gasteiger charge is -2.22. The smallest absolute Gasteiger partial charge is 0.334 e. The Balaban J connectivity index is 2.46. The van der Waals surface area contributed by atoms with Gasteiger partial charge in [0.1, 0.15) is 17.6 Å². The molecule has 0 aromatic heterocycles. The van der Waals surface area contributed by atoms with E-state index in [0.29, 0.717) is 18.6 Å². The number of carbonyl (C=O) groups is 1. The van der Waals surface area contributed by atoms with Crippen LogP contribution >= 0.6 is 0 Å². The van der Waals surface area contributed by atoms with Crippen molar-refractivity contribution in [1.29, 1.82) is 0 Å². The van der Waals surface area contributed by atoms with Crippen LogP contribution in [0.25, 0.3) is 0 Å². The second-order valence-electron chi connectivity index (χ2n) is 4.10. The lowest BCUT2D eigenvalue weighted by molar-refractivity contribution is -0.145. The van der Waals surface area contributed by atoms with Crippen molar-refractivity contribution < 1.29 is 19.4 Å². The topological polar surface area (TPSA) is 55.8 Å². The van der Waals surface area contributed by atoms with E-state index >= 15 is 0 Å². The van der Waals surface area contributed by atoms with Crippen LogP contribution in [0.4, 0.5) is 0 Å². The van der Waals surface area contributed by atoms with Gasteiger partial charge in [0, 0.05) is 6.42 Å². The van der Waals surface area contributed by atoms with Crippen LogP contribution in [0.15, 0.2) is 35.8 Å². The quantitative estimate of drug-likeness (QED) is 0.454. The number of esters is 1. The Labute approximate surface area is 101 Å². The number of allylic oxidation sites excluding steroid dienone is 2. The molecule has 17 heavy (non-hydrogen) atoms.